The fourth-order valence-corrected chi connectivity index (χ4v) is 5.55. The van der Waals surface area contributed by atoms with Crippen molar-refractivity contribution in [1.82, 2.24) is 0 Å². The first kappa shape index (κ1) is 11.7. The second-order valence-corrected chi connectivity index (χ2v) is 7.66. The van der Waals surface area contributed by atoms with Crippen LogP contribution in [0.2, 0.25) is 0 Å². The molecule has 100 valence electrons. The van der Waals surface area contributed by atoms with E-state index in [2.05, 4.69) is 61.5 Å². The van der Waals surface area contributed by atoms with Gasteiger partial charge in [-0.1, -0.05) is 30.3 Å². The summed E-state index contributed by atoms with van der Waals surface area (Å²) in [7, 11) is 0. The van der Waals surface area contributed by atoms with Gasteiger partial charge in [-0.25, -0.2) is 0 Å². The second-order valence-electron chi connectivity index (χ2n) is 5.49. The molecule has 2 heteroatoms. The van der Waals surface area contributed by atoms with E-state index in [4.69, 9.17) is 0 Å². The molecule has 5 aromatic rings. The van der Waals surface area contributed by atoms with Crippen molar-refractivity contribution >= 4 is 63.0 Å². The SMILES string of the molecule is Cc1cccc2sc3cc4c(cc3c12)sc1ccccc14. The van der Waals surface area contributed by atoms with E-state index in [1.165, 1.54) is 45.9 Å². The molecule has 2 heterocycles. The predicted octanol–water partition coefficient (Wildman–Crippen LogP) is 6.73. The molecule has 0 nitrogen and oxygen atoms in total. The first-order chi connectivity index (χ1) is 10.3. The minimum Gasteiger partial charge on any atom is -0.135 e. The average Bonchev–Trinajstić information content (AvgIpc) is 3.03. The quantitative estimate of drug-likeness (QED) is 0.297. The van der Waals surface area contributed by atoms with Gasteiger partial charge in [0.2, 0.25) is 0 Å². The van der Waals surface area contributed by atoms with Crippen LogP contribution < -0.4 is 0 Å². The highest BCUT2D eigenvalue weighted by atomic mass is 32.1. The molecule has 0 aliphatic carbocycles. The standard InChI is InChI=1S/C19H12S2/c1-11-5-4-8-16-19(11)14-10-17-13(9-18(14)21-16)12-6-2-3-7-15(12)20-17/h2-10H,1H3. The maximum absolute atomic E-state index is 2.39. The Balaban J connectivity index is 2.05. The van der Waals surface area contributed by atoms with Crippen molar-refractivity contribution in [2.45, 2.75) is 6.92 Å². The van der Waals surface area contributed by atoms with Crippen molar-refractivity contribution in [2.24, 2.45) is 0 Å². The average molecular weight is 304 g/mol. The van der Waals surface area contributed by atoms with Crippen LogP contribution in [0.15, 0.2) is 54.6 Å². The van der Waals surface area contributed by atoms with Gasteiger partial charge in [-0.2, -0.15) is 0 Å². The molecular weight excluding hydrogens is 292 g/mol. The maximum atomic E-state index is 2.39. The zero-order valence-corrected chi connectivity index (χ0v) is 13.1. The first-order valence-electron chi connectivity index (χ1n) is 7.04. The third kappa shape index (κ3) is 1.55. The fourth-order valence-electron chi connectivity index (χ4n) is 3.22. The van der Waals surface area contributed by atoms with Crippen LogP contribution in [0.25, 0.3) is 40.3 Å². The molecule has 2 aromatic heterocycles. The molecule has 21 heavy (non-hydrogen) atoms. The van der Waals surface area contributed by atoms with Crippen molar-refractivity contribution in [3.8, 4) is 0 Å². The van der Waals surface area contributed by atoms with E-state index in [0.29, 0.717) is 0 Å². The van der Waals surface area contributed by atoms with Crippen molar-refractivity contribution in [1.29, 1.82) is 0 Å². The molecule has 5 rings (SSSR count). The zero-order valence-electron chi connectivity index (χ0n) is 11.5. The minimum absolute atomic E-state index is 1.37. The number of thiophene rings is 2. The Labute approximate surface area is 130 Å². The Bertz CT molecular complexity index is 1140. The van der Waals surface area contributed by atoms with Gasteiger partial charge in [0.25, 0.3) is 0 Å². The number of rotatable bonds is 0. The summed E-state index contributed by atoms with van der Waals surface area (Å²) in [6.45, 7) is 2.21. The number of hydrogen-bond donors (Lipinski definition) is 0. The number of aryl methyl sites for hydroxylation is 1. The van der Waals surface area contributed by atoms with Crippen LogP contribution in [0.3, 0.4) is 0 Å². The van der Waals surface area contributed by atoms with E-state index in [1.54, 1.807) is 0 Å². The first-order valence-corrected chi connectivity index (χ1v) is 8.68. The summed E-state index contributed by atoms with van der Waals surface area (Å²) in [6, 6.07) is 20.1. The van der Waals surface area contributed by atoms with E-state index >= 15 is 0 Å². The summed E-state index contributed by atoms with van der Waals surface area (Å²) in [5.74, 6) is 0. The molecule has 0 saturated heterocycles. The topological polar surface area (TPSA) is 0 Å². The monoisotopic (exact) mass is 304 g/mol. The fraction of sp³-hybridized carbons (Fsp3) is 0.0526. The van der Waals surface area contributed by atoms with E-state index in [9.17, 15) is 0 Å². The number of benzene rings is 3. The van der Waals surface area contributed by atoms with Crippen LogP contribution in [-0.2, 0) is 0 Å². The Morgan fingerprint density at radius 3 is 2.29 bits per heavy atom. The minimum atomic E-state index is 1.37. The van der Waals surface area contributed by atoms with Crippen LogP contribution in [-0.4, -0.2) is 0 Å². The normalized spacial score (nSPS) is 12.0. The Morgan fingerprint density at radius 2 is 1.33 bits per heavy atom. The second kappa shape index (κ2) is 4.06. The molecule has 3 aromatic carbocycles. The van der Waals surface area contributed by atoms with Gasteiger partial charge in [0.15, 0.2) is 0 Å². The van der Waals surface area contributed by atoms with Crippen molar-refractivity contribution < 1.29 is 0 Å². The van der Waals surface area contributed by atoms with Crippen LogP contribution in [0, 0.1) is 6.92 Å². The number of hydrogen-bond acceptors (Lipinski definition) is 2. The molecule has 0 radical (unpaired) electrons. The molecule has 0 saturated carbocycles. The molecule has 0 aliphatic rings. The lowest BCUT2D eigenvalue weighted by Gasteiger charge is -1.97. The molecule has 0 aliphatic heterocycles. The molecule has 0 N–H and O–H groups in total. The Morgan fingerprint density at radius 1 is 0.619 bits per heavy atom. The summed E-state index contributed by atoms with van der Waals surface area (Å²) in [4.78, 5) is 0. The molecule has 0 amide bonds. The Kier molecular flexibility index (Phi) is 2.27. The third-order valence-corrected chi connectivity index (χ3v) is 6.45. The van der Waals surface area contributed by atoms with Gasteiger partial charge in [0.1, 0.15) is 0 Å². The van der Waals surface area contributed by atoms with Crippen molar-refractivity contribution in [3.63, 3.8) is 0 Å². The van der Waals surface area contributed by atoms with Crippen molar-refractivity contribution in [2.75, 3.05) is 0 Å². The van der Waals surface area contributed by atoms with Crippen LogP contribution in [0.5, 0.6) is 0 Å². The molecule has 0 fully saturated rings. The molecule has 0 atom stereocenters. The molecule has 0 spiro atoms. The van der Waals surface area contributed by atoms with Crippen LogP contribution >= 0.6 is 22.7 Å². The summed E-state index contributed by atoms with van der Waals surface area (Å²) < 4.78 is 5.57. The van der Waals surface area contributed by atoms with Crippen molar-refractivity contribution in [3.05, 3.63) is 60.2 Å². The maximum Gasteiger partial charge on any atom is 0.0362 e. The zero-order chi connectivity index (χ0) is 14.0. The molecular formula is C19H12S2. The predicted molar refractivity (Wildman–Crippen MR) is 97.0 cm³/mol. The van der Waals surface area contributed by atoms with Gasteiger partial charge in [0.05, 0.1) is 0 Å². The molecule has 0 unspecified atom stereocenters. The van der Waals surface area contributed by atoms with E-state index in [1.807, 2.05) is 22.7 Å². The highest BCUT2D eigenvalue weighted by Crippen LogP contribution is 2.42. The smallest absolute Gasteiger partial charge is 0.0362 e. The van der Waals surface area contributed by atoms with E-state index < -0.39 is 0 Å². The molecule has 0 bridgehead atoms. The highest BCUT2D eigenvalue weighted by molar-refractivity contribution is 7.27. The lowest BCUT2D eigenvalue weighted by atomic mass is 10.1. The highest BCUT2D eigenvalue weighted by Gasteiger charge is 2.11. The van der Waals surface area contributed by atoms with Gasteiger partial charge in [-0.15, -0.1) is 22.7 Å². The lowest BCUT2D eigenvalue weighted by molar-refractivity contribution is 1.56. The van der Waals surface area contributed by atoms with Gasteiger partial charge >= 0.3 is 0 Å². The van der Waals surface area contributed by atoms with Gasteiger partial charge in [-0.3, -0.25) is 0 Å². The van der Waals surface area contributed by atoms with Gasteiger partial charge < -0.3 is 0 Å². The number of fused-ring (bicyclic) bond motifs is 6. The van der Waals surface area contributed by atoms with E-state index in [0.717, 1.165) is 0 Å². The lowest BCUT2D eigenvalue weighted by Crippen LogP contribution is -1.73. The Hall–Kier alpha value is -1.90. The van der Waals surface area contributed by atoms with E-state index in [-0.39, 0.29) is 0 Å². The van der Waals surface area contributed by atoms with Crippen LogP contribution in [0.1, 0.15) is 5.56 Å². The summed E-state index contributed by atoms with van der Waals surface area (Å²) in [5.41, 5.74) is 1.37. The van der Waals surface area contributed by atoms with Crippen LogP contribution in [0.4, 0.5) is 0 Å². The summed E-state index contributed by atoms with van der Waals surface area (Å²) >= 11 is 3.81. The summed E-state index contributed by atoms with van der Waals surface area (Å²) in [6.07, 6.45) is 0. The third-order valence-electron chi connectivity index (χ3n) is 4.20. The largest absolute Gasteiger partial charge is 0.135 e. The summed E-state index contributed by atoms with van der Waals surface area (Å²) in [5, 5.41) is 5.62. The van der Waals surface area contributed by atoms with Gasteiger partial charge in [-0.05, 0) is 36.8 Å². The van der Waals surface area contributed by atoms with Gasteiger partial charge in [0, 0.05) is 40.3 Å².